The Hall–Kier alpha value is -1.03. The average molecular weight is 91.1 g/mol. The van der Waals surface area contributed by atoms with Gasteiger partial charge in [0.15, 0.2) is 0 Å². The minimum absolute atomic E-state index is 0.422. The van der Waals surface area contributed by atoms with Gasteiger partial charge in [-0.1, -0.05) is 12.0 Å². The summed E-state index contributed by atoms with van der Waals surface area (Å²) in [5.74, 6) is 5.40. The monoisotopic (exact) mass is 91.0 g/mol. The van der Waals surface area contributed by atoms with Gasteiger partial charge in [-0.3, -0.25) is 5.41 Å². The number of hydrogen-bond acceptors (Lipinski definition) is 1. The third kappa shape index (κ3) is 0.902. The summed E-state index contributed by atoms with van der Waals surface area (Å²) >= 11 is 0. The number of rotatable bonds is 0. The molecule has 1 heteroatoms. The summed E-state index contributed by atoms with van der Waals surface area (Å²) < 4.78 is 0. The molecular formula is C6H5N. The van der Waals surface area contributed by atoms with Gasteiger partial charge in [-0.25, -0.2) is 0 Å². The van der Waals surface area contributed by atoms with E-state index in [1.807, 2.05) is 6.08 Å². The van der Waals surface area contributed by atoms with Crippen LogP contribution in [-0.2, 0) is 0 Å². The molecule has 1 rings (SSSR count). The van der Waals surface area contributed by atoms with Crippen molar-refractivity contribution in [2.24, 2.45) is 0 Å². The molecule has 0 aromatic carbocycles. The third-order valence-electron chi connectivity index (χ3n) is 0.727. The van der Waals surface area contributed by atoms with Gasteiger partial charge in [0.25, 0.3) is 0 Å². The molecule has 0 bridgehead atoms. The van der Waals surface area contributed by atoms with Gasteiger partial charge in [0, 0.05) is 6.42 Å². The van der Waals surface area contributed by atoms with Crippen molar-refractivity contribution in [3.63, 3.8) is 0 Å². The molecule has 1 N–H and O–H groups in total. The highest BCUT2D eigenvalue weighted by Gasteiger charge is 1.83. The highest BCUT2D eigenvalue weighted by molar-refractivity contribution is 6.07. The molecule has 0 unspecified atom stereocenters. The van der Waals surface area contributed by atoms with Crippen LogP contribution < -0.4 is 0 Å². The van der Waals surface area contributed by atoms with E-state index in [0.29, 0.717) is 5.71 Å². The van der Waals surface area contributed by atoms with Gasteiger partial charge in [0.2, 0.25) is 0 Å². The Balaban J connectivity index is 2.78. The van der Waals surface area contributed by atoms with E-state index in [0.717, 1.165) is 6.42 Å². The van der Waals surface area contributed by atoms with Gasteiger partial charge in [-0.05, 0) is 12.0 Å². The van der Waals surface area contributed by atoms with Crippen molar-refractivity contribution in [1.29, 1.82) is 5.41 Å². The molecule has 0 spiro atoms. The summed E-state index contributed by atoms with van der Waals surface area (Å²) in [5.41, 5.74) is 0.422. The molecule has 0 fully saturated rings. The highest BCUT2D eigenvalue weighted by atomic mass is 14.4. The molecule has 0 atom stereocenters. The molecule has 0 aromatic heterocycles. The molecule has 34 valence electrons. The predicted octanol–water partition coefficient (Wildman–Crippen LogP) is 0.969. The first-order valence-corrected chi connectivity index (χ1v) is 2.13. The summed E-state index contributed by atoms with van der Waals surface area (Å²) in [4.78, 5) is 0. The third-order valence-corrected chi connectivity index (χ3v) is 0.727. The van der Waals surface area contributed by atoms with Crippen LogP contribution in [0.25, 0.3) is 0 Å². The minimum atomic E-state index is 0.422. The highest BCUT2D eigenvalue weighted by Crippen LogP contribution is 1.86. The lowest BCUT2D eigenvalue weighted by Crippen LogP contribution is -1.86. The van der Waals surface area contributed by atoms with E-state index in [9.17, 15) is 0 Å². The summed E-state index contributed by atoms with van der Waals surface area (Å²) in [6, 6.07) is 0. The van der Waals surface area contributed by atoms with Crippen LogP contribution in [0.1, 0.15) is 6.42 Å². The van der Waals surface area contributed by atoms with Crippen molar-refractivity contribution in [3.8, 4) is 11.8 Å². The molecule has 1 aliphatic rings. The minimum Gasteiger partial charge on any atom is -0.292 e. The van der Waals surface area contributed by atoms with E-state index < -0.39 is 0 Å². The van der Waals surface area contributed by atoms with Gasteiger partial charge in [-0.2, -0.15) is 0 Å². The van der Waals surface area contributed by atoms with Crippen LogP contribution in [0.2, 0.25) is 0 Å². The molecule has 0 radical (unpaired) electrons. The summed E-state index contributed by atoms with van der Waals surface area (Å²) in [6.07, 6.45) is 4.41. The van der Waals surface area contributed by atoms with E-state index in [-0.39, 0.29) is 0 Å². The first-order valence-electron chi connectivity index (χ1n) is 2.13. The van der Waals surface area contributed by atoms with Gasteiger partial charge in [-0.15, -0.1) is 0 Å². The molecule has 1 aliphatic carbocycles. The van der Waals surface area contributed by atoms with E-state index >= 15 is 0 Å². The van der Waals surface area contributed by atoms with Crippen LogP contribution in [0.15, 0.2) is 12.2 Å². The van der Waals surface area contributed by atoms with Crippen LogP contribution >= 0.6 is 0 Å². The molecule has 0 aliphatic heterocycles. The lowest BCUT2D eigenvalue weighted by Gasteiger charge is -1.85. The van der Waals surface area contributed by atoms with Crippen molar-refractivity contribution in [2.45, 2.75) is 6.42 Å². The summed E-state index contributed by atoms with van der Waals surface area (Å²) in [6.45, 7) is 0. The molecule has 0 amide bonds. The fraction of sp³-hybridized carbons (Fsp3) is 0.167. The van der Waals surface area contributed by atoms with E-state index in [1.165, 1.54) is 0 Å². The van der Waals surface area contributed by atoms with E-state index in [2.05, 4.69) is 11.8 Å². The number of nitrogens with one attached hydrogen (secondary N) is 1. The molecular weight excluding hydrogens is 86.1 g/mol. The number of allylic oxidation sites excluding steroid dienone is 2. The molecule has 1 nitrogen and oxygen atoms in total. The largest absolute Gasteiger partial charge is 0.292 e. The van der Waals surface area contributed by atoms with Crippen LogP contribution in [-0.4, -0.2) is 5.71 Å². The maximum Gasteiger partial charge on any atom is 0.104 e. The SMILES string of the molecule is N=C1C#CCC=C1. The van der Waals surface area contributed by atoms with Crippen molar-refractivity contribution >= 4 is 5.71 Å². The summed E-state index contributed by atoms with van der Waals surface area (Å²) in [5, 5.41) is 6.93. The Morgan fingerprint density at radius 1 is 1.71 bits per heavy atom. The zero-order chi connectivity index (χ0) is 5.11. The first kappa shape index (κ1) is 4.14. The standard InChI is InChI=1S/C6H5N/c7-6-4-2-1-3-5-6/h2,4,7H,1H2. The van der Waals surface area contributed by atoms with Crippen LogP contribution in [0, 0.1) is 17.3 Å². The zero-order valence-corrected chi connectivity index (χ0v) is 3.86. The smallest absolute Gasteiger partial charge is 0.104 e. The van der Waals surface area contributed by atoms with E-state index in [4.69, 9.17) is 5.41 Å². The van der Waals surface area contributed by atoms with Crippen molar-refractivity contribution in [3.05, 3.63) is 12.2 Å². The Morgan fingerprint density at radius 3 is 2.86 bits per heavy atom. The Kier molecular flexibility index (Phi) is 0.953. The maximum absolute atomic E-state index is 6.93. The second-order valence-corrected chi connectivity index (χ2v) is 1.32. The molecule has 0 saturated carbocycles. The summed E-state index contributed by atoms with van der Waals surface area (Å²) in [7, 11) is 0. The predicted molar refractivity (Wildman–Crippen MR) is 29.3 cm³/mol. The Bertz CT molecular complexity index is 166. The van der Waals surface area contributed by atoms with Gasteiger partial charge in [0.1, 0.15) is 5.71 Å². The normalized spacial score (nSPS) is 15.7. The zero-order valence-electron chi connectivity index (χ0n) is 3.86. The lowest BCUT2D eigenvalue weighted by atomic mass is 10.2. The average Bonchev–Trinajstić information content (AvgIpc) is 1.69. The van der Waals surface area contributed by atoms with Gasteiger partial charge >= 0.3 is 0 Å². The van der Waals surface area contributed by atoms with Crippen LogP contribution in [0.5, 0.6) is 0 Å². The van der Waals surface area contributed by atoms with Gasteiger partial charge < -0.3 is 0 Å². The number of hydrogen-bond donors (Lipinski definition) is 1. The Labute approximate surface area is 42.6 Å². The quantitative estimate of drug-likeness (QED) is 0.429. The van der Waals surface area contributed by atoms with Gasteiger partial charge in [0.05, 0.1) is 0 Å². The molecule has 0 aromatic rings. The topological polar surface area (TPSA) is 23.9 Å². The fourth-order valence-electron chi connectivity index (χ4n) is 0.424. The molecule has 7 heavy (non-hydrogen) atoms. The fourth-order valence-corrected chi connectivity index (χ4v) is 0.424. The lowest BCUT2D eigenvalue weighted by molar-refractivity contribution is 1.44. The van der Waals surface area contributed by atoms with Crippen molar-refractivity contribution in [1.82, 2.24) is 0 Å². The Morgan fingerprint density at radius 2 is 2.57 bits per heavy atom. The van der Waals surface area contributed by atoms with Crippen LogP contribution in [0.4, 0.5) is 0 Å². The van der Waals surface area contributed by atoms with Crippen molar-refractivity contribution in [2.75, 3.05) is 0 Å². The molecule has 0 heterocycles. The van der Waals surface area contributed by atoms with Crippen LogP contribution in [0.3, 0.4) is 0 Å². The van der Waals surface area contributed by atoms with Crippen molar-refractivity contribution < 1.29 is 0 Å². The second kappa shape index (κ2) is 1.61. The molecule has 0 saturated heterocycles. The second-order valence-electron chi connectivity index (χ2n) is 1.32. The first-order chi connectivity index (χ1) is 3.39. The van der Waals surface area contributed by atoms with E-state index in [1.54, 1.807) is 6.08 Å². The maximum atomic E-state index is 6.93.